The van der Waals surface area contributed by atoms with Crippen LogP contribution in [0.4, 0.5) is 5.95 Å². The van der Waals surface area contributed by atoms with Crippen LogP contribution in [0.5, 0.6) is 0 Å². The second kappa shape index (κ2) is 5.49. The number of aromatic nitrogens is 2. The maximum absolute atomic E-state index is 5.42. The molecule has 2 unspecified atom stereocenters. The quantitative estimate of drug-likeness (QED) is 0.866. The van der Waals surface area contributed by atoms with Gasteiger partial charge in [0.15, 0.2) is 0 Å². The molecule has 0 aliphatic heterocycles. The molecule has 1 aliphatic rings. The summed E-state index contributed by atoms with van der Waals surface area (Å²) < 4.78 is 5.42. The van der Waals surface area contributed by atoms with E-state index in [9.17, 15) is 0 Å². The lowest BCUT2D eigenvalue weighted by molar-refractivity contribution is 0.270. The fourth-order valence-electron chi connectivity index (χ4n) is 2.45. The van der Waals surface area contributed by atoms with E-state index >= 15 is 0 Å². The fraction of sp³-hybridized carbons (Fsp3) is 0.833. The number of nitrogens with one attached hydrogen (secondary N) is 1. The number of anilines is 1. The van der Waals surface area contributed by atoms with E-state index in [0.29, 0.717) is 17.9 Å². The molecule has 0 aromatic carbocycles. The van der Waals surface area contributed by atoms with Crippen molar-refractivity contribution in [1.82, 2.24) is 15.5 Å². The van der Waals surface area contributed by atoms with E-state index < -0.39 is 0 Å². The van der Waals surface area contributed by atoms with Crippen molar-refractivity contribution in [2.75, 3.05) is 25.5 Å². The van der Waals surface area contributed by atoms with Gasteiger partial charge in [0.1, 0.15) is 0 Å². The zero-order valence-electron chi connectivity index (χ0n) is 10.9. The van der Waals surface area contributed by atoms with Crippen LogP contribution in [0, 0.1) is 0 Å². The summed E-state index contributed by atoms with van der Waals surface area (Å²) in [6.07, 6.45) is 4.88. The maximum atomic E-state index is 5.42. The van der Waals surface area contributed by atoms with Crippen molar-refractivity contribution < 1.29 is 4.52 Å². The molecule has 0 saturated heterocycles. The summed E-state index contributed by atoms with van der Waals surface area (Å²) in [5.74, 6) is 1.86. The minimum Gasteiger partial charge on any atom is -0.342 e. The first-order valence-electron chi connectivity index (χ1n) is 6.48. The van der Waals surface area contributed by atoms with Crippen LogP contribution in [-0.2, 0) is 0 Å². The first kappa shape index (κ1) is 12.4. The van der Waals surface area contributed by atoms with Crippen LogP contribution in [0.15, 0.2) is 4.52 Å². The summed E-state index contributed by atoms with van der Waals surface area (Å²) >= 11 is 0. The Balaban J connectivity index is 2.12. The lowest BCUT2D eigenvalue weighted by Crippen LogP contribution is -2.34. The van der Waals surface area contributed by atoms with E-state index in [1.165, 1.54) is 19.3 Å². The van der Waals surface area contributed by atoms with Crippen LogP contribution in [0.2, 0.25) is 0 Å². The highest BCUT2D eigenvalue weighted by Crippen LogP contribution is 2.32. The summed E-state index contributed by atoms with van der Waals surface area (Å²) in [5.41, 5.74) is 0. The van der Waals surface area contributed by atoms with Gasteiger partial charge in [0, 0.05) is 19.6 Å². The molecular weight excluding hydrogens is 216 g/mol. The average molecular weight is 238 g/mol. The molecule has 2 atom stereocenters. The molecular formula is C12H22N4O. The topological polar surface area (TPSA) is 54.2 Å². The minimum absolute atomic E-state index is 0.375. The molecule has 1 aliphatic carbocycles. The van der Waals surface area contributed by atoms with Gasteiger partial charge in [-0.1, -0.05) is 12.8 Å². The Morgan fingerprint density at radius 3 is 2.88 bits per heavy atom. The predicted octanol–water partition coefficient (Wildman–Crippen LogP) is 1.77. The molecule has 5 nitrogen and oxygen atoms in total. The van der Waals surface area contributed by atoms with E-state index in [4.69, 9.17) is 4.52 Å². The van der Waals surface area contributed by atoms with Crippen molar-refractivity contribution in [2.45, 2.75) is 44.6 Å². The Labute approximate surface area is 103 Å². The number of rotatable bonds is 4. The van der Waals surface area contributed by atoms with Crippen molar-refractivity contribution >= 4 is 5.95 Å². The third-order valence-electron chi connectivity index (χ3n) is 3.70. The van der Waals surface area contributed by atoms with Gasteiger partial charge in [0.2, 0.25) is 5.89 Å². The normalized spacial score (nSPS) is 24.9. The second-order valence-corrected chi connectivity index (χ2v) is 4.73. The van der Waals surface area contributed by atoms with Crippen molar-refractivity contribution in [1.29, 1.82) is 0 Å². The Bertz CT molecular complexity index is 352. The van der Waals surface area contributed by atoms with Crippen LogP contribution < -0.4 is 10.2 Å². The summed E-state index contributed by atoms with van der Waals surface area (Å²) in [5, 5.41) is 7.41. The Kier molecular flexibility index (Phi) is 3.99. The van der Waals surface area contributed by atoms with E-state index in [1.54, 1.807) is 0 Å². The highest BCUT2D eigenvalue weighted by Gasteiger charge is 2.30. The van der Waals surface area contributed by atoms with E-state index in [2.05, 4.69) is 22.4 Å². The largest absolute Gasteiger partial charge is 0.342 e. The zero-order chi connectivity index (χ0) is 12.3. The summed E-state index contributed by atoms with van der Waals surface area (Å²) in [7, 11) is 3.99. The molecule has 96 valence electrons. The van der Waals surface area contributed by atoms with Crippen molar-refractivity contribution in [3.63, 3.8) is 0 Å². The predicted molar refractivity (Wildman–Crippen MR) is 67.3 cm³/mol. The molecule has 0 bridgehead atoms. The van der Waals surface area contributed by atoms with Gasteiger partial charge < -0.3 is 14.7 Å². The number of hydrogen-bond donors (Lipinski definition) is 1. The standard InChI is InChI=1S/C12H22N4O/c1-4-16(3)12-14-11(17-15-12)9-7-5-6-8-10(9)13-2/h9-10,13H,4-8H2,1-3H3. The number of likely N-dealkylation sites (N-methyl/N-ethyl adjacent to an activating group) is 1. The second-order valence-electron chi connectivity index (χ2n) is 4.73. The zero-order valence-corrected chi connectivity index (χ0v) is 10.9. The molecule has 2 rings (SSSR count). The van der Waals surface area contributed by atoms with Crippen molar-refractivity contribution in [2.24, 2.45) is 0 Å². The van der Waals surface area contributed by atoms with Gasteiger partial charge in [0.05, 0.1) is 5.92 Å². The molecule has 1 saturated carbocycles. The Hall–Kier alpha value is -1.10. The number of hydrogen-bond acceptors (Lipinski definition) is 5. The van der Waals surface area contributed by atoms with Crippen molar-refractivity contribution in [3.8, 4) is 0 Å². The van der Waals surface area contributed by atoms with Crippen LogP contribution in [0.3, 0.4) is 0 Å². The minimum atomic E-state index is 0.375. The molecule has 1 fully saturated rings. The van der Waals surface area contributed by atoms with Gasteiger partial charge in [-0.3, -0.25) is 0 Å². The molecule has 1 heterocycles. The van der Waals surface area contributed by atoms with Gasteiger partial charge >= 0.3 is 0 Å². The van der Waals surface area contributed by atoms with E-state index in [0.717, 1.165) is 18.9 Å². The molecule has 5 heteroatoms. The number of nitrogens with zero attached hydrogens (tertiary/aromatic N) is 3. The van der Waals surface area contributed by atoms with Gasteiger partial charge in [0.25, 0.3) is 5.95 Å². The fourth-order valence-corrected chi connectivity index (χ4v) is 2.45. The van der Waals surface area contributed by atoms with Crippen LogP contribution >= 0.6 is 0 Å². The molecule has 0 radical (unpaired) electrons. The molecule has 1 N–H and O–H groups in total. The highest BCUT2D eigenvalue weighted by atomic mass is 16.5. The summed E-state index contributed by atoms with van der Waals surface area (Å²) in [4.78, 5) is 6.50. The first-order chi connectivity index (χ1) is 8.26. The van der Waals surface area contributed by atoms with E-state index in [-0.39, 0.29) is 0 Å². The summed E-state index contributed by atoms with van der Waals surface area (Å²) in [6, 6.07) is 0.476. The van der Waals surface area contributed by atoms with Crippen LogP contribution in [0.25, 0.3) is 0 Å². The summed E-state index contributed by atoms with van der Waals surface area (Å²) in [6.45, 7) is 2.96. The van der Waals surface area contributed by atoms with E-state index in [1.807, 2.05) is 19.0 Å². The molecule has 17 heavy (non-hydrogen) atoms. The molecule has 0 spiro atoms. The third kappa shape index (κ3) is 2.60. The average Bonchev–Trinajstić information content (AvgIpc) is 2.87. The highest BCUT2D eigenvalue weighted by molar-refractivity contribution is 5.26. The molecule has 1 aromatic heterocycles. The van der Waals surface area contributed by atoms with Crippen LogP contribution in [-0.4, -0.2) is 36.8 Å². The lowest BCUT2D eigenvalue weighted by Gasteiger charge is -2.28. The van der Waals surface area contributed by atoms with Gasteiger partial charge in [-0.15, -0.1) is 0 Å². The molecule has 0 amide bonds. The SMILES string of the molecule is CCN(C)c1noc(C2CCCCC2NC)n1. The maximum Gasteiger partial charge on any atom is 0.265 e. The Morgan fingerprint density at radius 2 is 2.18 bits per heavy atom. The lowest BCUT2D eigenvalue weighted by atomic mass is 9.84. The van der Waals surface area contributed by atoms with Crippen molar-refractivity contribution in [3.05, 3.63) is 5.89 Å². The van der Waals surface area contributed by atoms with Gasteiger partial charge in [-0.05, 0) is 32.0 Å². The van der Waals surface area contributed by atoms with Gasteiger partial charge in [-0.2, -0.15) is 4.98 Å². The smallest absolute Gasteiger partial charge is 0.265 e. The van der Waals surface area contributed by atoms with Gasteiger partial charge in [-0.25, -0.2) is 0 Å². The monoisotopic (exact) mass is 238 g/mol. The molecule has 1 aromatic rings. The first-order valence-corrected chi connectivity index (χ1v) is 6.48. The third-order valence-corrected chi connectivity index (χ3v) is 3.70. The Morgan fingerprint density at radius 1 is 1.41 bits per heavy atom. The van der Waals surface area contributed by atoms with Crippen LogP contribution in [0.1, 0.15) is 44.4 Å².